The summed E-state index contributed by atoms with van der Waals surface area (Å²) in [6.45, 7) is 0. The maximum atomic E-state index is 13.5. The molecule has 1 N–H and O–H groups in total. The summed E-state index contributed by atoms with van der Waals surface area (Å²) < 4.78 is 82.8. The van der Waals surface area contributed by atoms with Crippen molar-refractivity contribution in [3.8, 4) is 5.75 Å². The minimum Gasteiger partial charge on any atom is -0.390 e. The first-order valence-electron chi connectivity index (χ1n) is 6.63. The van der Waals surface area contributed by atoms with Gasteiger partial charge >= 0.3 is 0 Å². The summed E-state index contributed by atoms with van der Waals surface area (Å²) in [6.07, 6.45) is 1.03. The van der Waals surface area contributed by atoms with Gasteiger partial charge in [0.15, 0.2) is 0 Å². The van der Waals surface area contributed by atoms with Gasteiger partial charge in [-0.05, 0) is 36.1 Å². The molecule has 1 aliphatic rings. The molecule has 0 saturated carbocycles. The number of nitrogens with one attached hydrogen (secondary N) is 1. The van der Waals surface area contributed by atoms with Gasteiger partial charge in [0.25, 0.3) is 0 Å². The van der Waals surface area contributed by atoms with E-state index in [2.05, 4.69) is 4.18 Å². The van der Waals surface area contributed by atoms with Gasteiger partial charge in [-0.25, -0.2) is 17.4 Å². The van der Waals surface area contributed by atoms with Crippen LogP contribution >= 0.6 is 0 Å². The Labute approximate surface area is 135 Å². The average Bonchev–Trinajstić information content (AvgIpc) is 2.95. The van der Waals surface area contributed by atoms with Crippen molar-refractivity contribution in [3.63, 3.8) is 0 Å². The molecule has 0 aromatic heterocycles. The molecular formula is C15H8F5NO2S. The molecule has 0 bridgehead atoms. The van der Waals surface area contributed by atoms with Crippen LogP contribution in [0.2, 0.25) is 0 Å². The van der Waals surface area contributed by atoms with E-state index in [0.29, 0.717) is 29.7 Å². The Balaban J connectivity index is 1.95. The topological polar surface area (TPSA) is 50.2 Å². The standard InChI is InChI=1S/C15H8F5NO2S/c16-10-11(17)13(19)15(14(20)12(10)18)23-24(22)7-2-3-8-6(5-7)1-4-9(8)21/h2-3,5,21H,1,4H2. The number of halogens is 5. The molecule has 1 unspecified atom stereocenters. The Morgan fingerprint density at radius 2 is 1.50 bits per heavy atom. The average molecular weight is 361 g/mol. The summed E-state index contributed by atoms with van der Waals surface area (Å²) in [5.74, 6) is -12.7. The van der Waals surface area contributed by atoms with Crippen LogP contribution in [0.25, 0.3) is 0 Å². The molecule has 0 amide bonds. The summed E-state index contributed by atoms with van der Waals surface area (Å²) in [6, 6.07) is 4.22. The first-order valence-corrected chi connectivity index (χ1v) is 7.71. The van der Waals surface area contributed by atoms with E-state index in [1.807, 2.05) is 0 Å². The van der Waals surface area contributed by atoms with E-state index in [0.717, 1.165) is 0 Å². The monoisotopic (exact) mass is 361 g/mol. The zero-order valence-corrected chi connectivity index (χ0v) is 12.6. The summed E-state index contributed by atoms with van der Waals surface area (Å²) >= 11 is -2.49. The summed E-state index contributed by atoms with van der Waals surface area (Å²) in [5, 5.41) is 7.69. The van der Waals surface area contributed by atoms with Gasteiger partial charge < -0.3 is 9.59 Å². The number of aryl methyl sites for hydroxylation is 1. The highest BCUT2D eigenvalue weighted by molar-refractivity contribution is 7.80. The molecule has 2 aromatic rings. The van der Waals surface area contributed by atoms with E-state index in [-0.39, 0.29) is 4.90 Å². The summed E-state index contributed by atoms with van der Waals surface area (Å²) in [7, 11) is 0. The van der Waals surface area contributed by atoms with E-state index in [1.54, 1.807) is 0 Å². The molecule has 0 radical (unpaired) electrons. The fourth-order valence-corrected chi connectivity index (χ4v) is 3.16. The zero-order chi connectivity index (χ0) is 17.6. The van der Waals surface area contributed by atoms with Crippen LogP contribution in [-0.4, -0.2) is 9.92 Å². The number of hydrogen-bond acceptors (Lipinski definition) is 3. The molecule has 0 heterocycles. The van der Waals surface area contributed by atoms with Gasteiger partial charge in [0.1, 0.15) is 0 Å². The highest BCUT2D eigenvalue weighted by Crippen LogP contribution is 2.31. The van der Waals surface area contributed by atoms with Crippen LogP contribution in [0.5, 0.6) is 5.75 Å². The van der Waals surface area contributed by atoms with Crippen molar-refractivity contribution in [1.29, 1.82) is 5.41 Å². The number of hydrogen-bond donors (Lipinski definition) is 1. The Kier molecular flexibility index (Phi) is 4.12. The number of fused-ring (bicyclic) bond motifs is 1. The Bertz CT molecular complexity index is 871. The molecular weight excluding hydrogens is 353 g/mol. The molecule has 3 nitrogen and oxygen atoms in total. The number of benzene rings is 2. The SMILES string of the molecule is N=C1CCc2cc(S(=O)Oc3c(F)c(F)c(F)c(F)c3F)ccc21. The van der Waals surface area contributed by atoms with Crippen molar-refractivity contribution in [2.75, 3.05) is 0 Å². The summed E-state index contributed by atoms with van der Waals surface area (Å²) in [5.41, 5.74) is 1.77. The van der Waals surface area contributed by atoms with Crippen molar-refractivity contribution < 1.29 is 30.3 Å². The van der Waals surface area contributed by atoms with E-state index in [9.17, 15) is 26.2 Å². The first-order chi connectivity index (χ1) is 11.3. The van der Waals surface area contributed by atoms with Crippen molar-refractivity contribution in [2.45, 2.75) is 17.7 Å². The van der Waals surface area contributed by atoms with E-state index in [4.69, 9.17) is 5.41 Å². The van der Waals surface area contributed by atoms with Crippen LogP contribution in [0.1, 0.15) is 17.5 Å². The fraction of sp³-hybridized carbons (Fsp3) is 0.133. The first kappa shape index (κ1) is 16.6. The van der Waals surface area contributed by atoms with Crippen LogP contribution in [-0.2, 0) is 17.5 Å². The smallest absolute Gasteiger partial charge is 0.240 e. The zero-order valence-electron chi connectivity index (χ0n) is 11.8. The van der Waals surface area contributed by atoms with Gasteiger partial charge in [0.2, 0.25) is 45.9 Å². The highest BCUT2D eigenvalue weighted by Gasteiger charge is 2.29. The lowest BCUT2D eigenvalue weighted by atomic mass is 10.1. The molecule has 0 aliphatic heterocycles. The molecule has 9 heteroatoms. The van der Waals surface area contributed by atoms with E-state index >= 15 is 0 Å². The van der Waals surface area contributed by atoms with Crippen molar-refractivity contribution in [1.82, 2.24) is 0 Å². The molecule has 0 spiro atoms. The second-order valence-electron chi connectivity index (χ2n) is 5.01. The van der Waals surface area contributed by atoms with Crippen LogP contribution in [0.4, 0.5) is 22.0 Å². The lowest BCUT2D eigenvalue weighted by Gasteiger charge is -2.10. The lowest BCUT2D eigenvalue weighted by molar-refractivity contribution is 0.352. The van der Waals surface area contributed by atoms with Gasteiger partial charge in [0, 0.05) is 5.71 Å². The maximum absolute atomic E-state index is 13.5. The van der Waals surface area contributed by atoms with E-state index in [1.165, 1.54) is 18.2 Å². The molecule has 0 fully saturated rings. The van der Waals surface area contributed by atoms with Crippen LogP contribution in [0.15, 0.2) is 23.1 Å². The van der Waals surface area contributed by atoms with Crippen molar-refractivity contribution >= 4 is 16.8 Å². The Morgan fingerprint density at radius 3 is 2.12 bits per heavy atom. The normalized spacial score (nSPS) is 14.6. The van der Waals surface area contributed by atoms with Gasteiger partial charge in [-0.3, -0.25) is 0 Å². The minimum absolute atomic E-state index is 0.00705. The maximum Gasteiger partial charge on any atom is 0.240 e. The Morgan fingerprint density at radius 1 is 0.917 bits per heavy atom. The summed E-state index contributed by atoms with van der Waals surface area (Å²) in [4.78, 5) is -0.00705. The fourth-order valence-electron chi connectivity index (χ4n) is 2.35. The van der Waals surface area contributed by atoms with Crippen molar-refractivity contribution in [2.24, 2.45) is 0 Å². The second-order valence-corrected chi connectivity index (χ2v) is 6.12. The molecule has 24 heavy (non-hydrogen) atoms. The van der Waals surface area contributed by atoms with Crippen LogP contribution in [0.3, 0.4) is 0 Å². The van der Waals surface area contributed by atoms with Gasteiger partial charge in [-0.15, -0.1) is 0 Å². The third kappa shape index (κ3) is 2.58. The molecule has 1 aliphatic carbocycles. The van der Waals surface area contributed by atoms with Crippen molar-refractivity contribution in [3.05, 3.63) is 58.4 Å². The largest absolute Gasteiger partial charge is 0.390 e. The highest BCUT2D eigenvalue weighted by atomic mass is 32.2. The number of rotatable bonds is 3. The quantitative estimate of drug-likeness (QED) is 0.514. The molecule has 3 rings (SSSR count). The van der Waals surface area contributed by atoms with Gasteiger partial charge in [0.05, 0.1) is 4.90 Å². The molecule has 126 valence electrons. The van der Waals surface area contributed by atoms with Crippen LogP contribution < -0.4 is 4.18 Å². The Hall–Kier alpha value is -2.29. The van der Waals surface area contributed by atoms with Gasteiger partial charge in [-0.1, -0.05) is 6.07 Å². The third-order valence-electron chi connectivity index (χ3n) is 3.57. The van der Waals surface area contributed by atoms with E-state index < -0.39 is 45.9 Å². The predicted molar refractivity (Wildman–Crippen MR) is 74.9 cm³/mol. The molecule has 1 atom stereocenters. The van der Waals surface area contributed by atoms with Gasteiger partial charge in [-0.2, -0.15) is 8.78 Å². The third-order valence-corrected chi connectivity index (χ3v) is 4.52. The second kappa shape index (κ2) is 5.97. The molecule has 0 saturated heterocycles. The minimum atomic E-state index is -2.49. The lowest BCUT2D eigenvalue weighted by Crippen LogP contribution is -2.09. The predicted octanol–water partition coefficient (Wildman–Crippen LogP) is 3.80. The van der Waals surface area contributed by atoms with Crippen LogP contribution in [0, 0.1) is 34.5 Å². The molecule has 2 aromatic carbocycles.